The number of nitrogens with zero attached hydrogens (tertiary/aromatic N) is 1. The molecule has 7 heteroatoms. The number of fused-ring (bicyclic) bond motifs is 3. The standard InChI is InChI=1S/C22H20F3NO3/c1-2-29-20(27)14-9-11-26(12-10-14)15-7-8-17-16-5-3-4-6-18(16)21(28,19(17)13-15)22(23,24)25/h2-8,13-14,28H,1,9-12H2. The van der Waals surface area contributed by atoms with E-state index in [0.29, 0.717) is 42.7 Å². The molecule has 2 aromatic carbocycles. The van der Waals surface area contributed by atoms with E-state index in [9.17, 15) is 23.1 Å². The van der Waals surface area contributed by atoms with Gasteiger partial charge in [0.05, 0.1) is 12.2 Å². The Morgan fingerprint density at radius 1 is 1.14 bits per heavy atom. The first kappa shape index (κ1) is 19.5. The lowest BCUT2D eigenvalue weighted by atomic mass is 9.90. The summed E-state index contributed by atoms with van der Waals surface area (Å²) in [6, 6.07) is 10.9. The quantitative estimate of drug-likeness (QED) is 0.611. The van der Waals surface area contributed by atoms with Gasteiger partial charge >= 0.3 is 12.1 Å². The van der Waals surface area contributed by atoms with Crippen molar-refractivity contribution in [3.63, 3.8) is 0 Å². The van der Waals surface area contributed by atoms with E-state index >= 15 is 0 Å². The molecule has 1 aliphatic carbocycles. The van der Waals surface area contributed by atoms with Gasteiger partial charge in [0.15, 0.2) is 0 Å². The van der Waals surface area contributed by atoms with Crippen LogP contribution in [0.25, 0.3) is 11.1 Å². The van der Waals surface area contributed by atoms with Gasteiger partial charge in [0.2, 0.25) is 5.60 Å². The Morgan fingerprint density at radius 3 is 2.45 bits per heavy atom. The average molecular weight is 403 g/mol. The van der Waals surface area contributed by atoms with E-state index < -0.39 is 11.8 Å². The second kappa shape index (κ2) is 6.91. The lowest BCUT2D eigenvalue weighted by Gasteiger charge is -2.34. The van der Waals surface area contributed by atoms with Gasteiger partial charge in [-0.15, -0.1) is 0 Å². The van der Waals surface area contributed by atoms with Crippen LogP contribution in [0.4, 0.5) is 18.9 Å². The summed E-state index contributed by atoms with van der Waals surface area (Å²) in [5.41, 5.74) is -1.98. The maximum absolute atomic E-state index is 14.0. The van der Waals surface area contributed by atoms with Crippen LogP contribution in [0.3, 0.4) is 0 Å². The molecule has 152 valence electrons. The number of piperidine rings is 1. The van der Waals surface area contributed by atoms with E-state index in [-0.39, 0.29) is 23.0 Å². The molecule has 1 heterocycles. The predicted octanol–water partition coefficient (Wildman–Crippen LogP) is 4.37. The summed E-state index contributed by atoms with van der Waals surface area (Å²) in [5, 5.41) is 10.8. The van der Waals surface area contributed by atoms with Crippen LogP contribution in [0, 0.1) is 5.92 Å². The molecule has 1 N–H and O–H groups in total. The smallest absolute Gasteiger partial charge is 0.425 e. The summed E-state index contributed by atoms with van der Waals surface area (Å²) in [6.07, 6.45) is -2.68. The minimum atomic E-state index is -4.85. The molecule has 0 spiro atoms. The van der Waals surface area contributed by atoms with Gasteiger partial charge in [0.25, 0.3) is 0 Å². The number of alkyl halides is 3. The summed E-state index contributed by atoms with van der Waals surface area (Å²) >= 11 is 0. The van der Waals surface area contributed by atoms with Crippen molar-refractivity contribution in [1.82, 2.24) is 0 Å². The lowest BCUT2D eigenvalue weighted by molar-refractivity contribution is -0.246. The van der Waals surface area contributed by atoms with Gasteiger partial charge in [-0.2, -0.15) is 13.2 Å². The minimum absolute atomic E-state index is 0.148. The zero-order valence-corrected chi connectivity index (χ0v) is 15.6. The number of carbonyl (C=O) groups is 1. The third-order valence-corrected chi connectivity index (χ3v) is 5.80. The minimum Gasteiger partial charge on any atom is -0.435 e. The van der Waals surface area contributed by atoms with Crippen LogP contribution in [-0.2, 0) is 15.1 Å². The predicted molar refractivity (Wildman–Crippen MR) is 102 cm³/mol. The Labute approximate surface area is 166 Å². The van der Waals surface area contributed by atoms with E-state index in [1.165, 1.54) is 18.2 Å². The molecule has 1 unspecified atom stereocenters. The Bertz CT molecular complexity index is 964. The maximum atomic E-state index is 14.0. The fraction of sp³-hybridized carbons (Fsp3) is 0.318. The van der Waals surface area contributed by atoms with Crippen molar-refractivity contribution in [3.8, 4) is 11.1 Å². The van der Waals surface area contributed by atoms with Crippen LogP contribution in [0.15, 0.2) is 55.3 Å². The first-order valence-corrected chi connectivity index (χ1v) is 9.37. The first-order valence-electron chi connectivity index (χ1n) is 9.37. The highest BCUT2D eigenvalue weighted by atomic mass is 19.4. The number of carbonyl (C=O) groups excluding carboxylic acids is 1. The second-order valence-electron chi connectivity index (χ2n) is 7.35. The summed E-state index contributed by atoms with van der Waals surface area (Å²) in [7, 11) is 0. The number of halogens is 3. The molecule has 1 atom stereocenters. The van der Waals surface area contributed by atoms with E-state index in [1.54, 1.807) is 24.3 Å². The number of ether oxygens (including phenoxy) is 1. The third kappa shape index (κ3) is 3.00. The molecule has 0 amide bonds. The van der Waals surface area contributed by atoms with Gasteiger partial charge in [-0.1, -0.05) is 36.9 Å². The van der Waals surface area contributed by atoms with E-state index in [4.69, 9.17) is 4.74 Å². The number of rotatable bonds is 3. The molecule has 1 aliphatic heterocycles. The number of anilines is 1. The largest absolute Gasteiger partial charge is 0.435 e. The van der Waals surface area contributed by atoms with E-state index in [0.717, 1.165) is 6.26 Å². The van der Waals surface area contributed by atoms with Gasteiger partial charge in [-0.05, 0) is 36.1 Å². The topological polar surface area (TPSA) is 49.8 Å². The van der Waals surface area contributed by atoms with Crippen LogP contribution >= 0.6 is 0 Å². The molecule has 4 nitrogen and oxygen atoms in total. The third-order valence-electron chi connectivity index (χ3n) is 5.80. The molecule has 0 aromatic heterocycles. The molecule has 1 fully saturated rings. The van der Waals surface area contributed by atoms with Crippen molar-refractivity contribution in [2.24, 2.45) is 5.92 Å². The SMILES string of the molecule is C=COC(=O)C1CCN(c2ccc3c(c2)C(O)(C(F)(F)F)c2ccccc2-3)CC1. The Hall–Kier alpha value is -2.80. The summed E-state index contributed by atoms with van der Waals surface area (Å²) in [5.74, 6) is -0.592. The van der Waals surface area contributed by atoms with Crippen LogP contribution in [0.1, 0.15) is 24.0 Å². The highest BCUT2D eigenvalue weighted by Crippen LogP contribution is 2.55. The Morgan fingerprint density at radius 2 is 1.79 bits per heavy atom. The van der Waals surface area contributed by atoms with Gasteiger partial charge in [-0.25, -0.2) is 0 Å². The molecule has 2 aliphatic rings. The second-order valence-corrected chi connectivity index (χ2v) is 7.35. The molecule has 0 saturated carbocycles. The van der Waals surface area contributed by atoms with Crippen molar-refractivity contribution in [2.75, 3.05) is 18.0 Å². The van der Waals surface area contributed by atoms with Gasteiger partial charge in [0, 0.05) is 29.9 Å². The van der Waals surface area contributed by atoms with Crippen molar-refractivity contribution in [3.05, 3.63) is 66.4 Å². The van der Waals surface area contributed by atoms with Crippen LogP contribution in [-0.4, -0.2) is 30.3 Å². The molecule has 2 aromatic rings. The number of benzene rings is 2. The van der Waals surface area contributed by atoms with Gasteiger partial charge < -0.3 is 14.7 Å². The summed E-state index contributed by atoms with van der Waals surface area (Å²) in [6.45, 7) is 4.39. The average Bonchev–Trinajstić information content (AvgIpc) is 2.98. The Kier molecular flexibility index (Phi) is 4.65. The zero-order chi connectivity index (χ0) is 20.8. The molecule has 0 radical (unpaired) electrons. The van der Waals surface area contributed by atoms with Crippen molar-refractivity contribution in [2.45, 2.75) is 24.6 Å². The monoisotopic (exact) mass is 403 g/mol. The highest BCUT2D eigenvalue weighted by molar-refractivity contribution is 5.82. The summed E-state index contributed by atoms with van der Waals surface area (Å²) in [4.78, 5) is 13.8. The van der Waals surface area contributed by atoms with Crippen molar-refractivity contribution >= 4 is 11.7 Å². The molecule has 0 bridgehead atoms. The number of aliphatic hydroxyl groups is 1. The van der Waals surface area contributed by atoms with Crippen LogP contribution in [0.5, 0.6) is 0 Å². The van der Waals surface area contributed by atoms with Crippen LogP contribution in [0.2, 0.25) is 0 Å². The number of esters is 1. The molecule has 1 saturated heterocycles. The molecule has 4 rings (SSSR count). The van der Waals surface area contributed by atoms with Crippen molar-refractivity contribution < 1.29 is 27.8 Å². The fourth-order valence-electron chi connectivity index (χ4n) is 4.30. The van der Waals surface area contributed by atoms with E-state index in [2.05, 4.69) is 6.58 Å². The van der Waals surface area contributed by atoms with Gasteiger partial charge in [-0.3, -0.25) is 4.79 Å². The highest BCUT2D eigenvalue weighted by Gasteiger charge is 2.60. The number of hydrogen-bond acceptors (Lipinski definition) is 4. The summed E-state index contributed by atoms with van der Waals surface area (Å²) < 4.78 is 46.7. The molecular formula is C22H20F3NO3. The van der Waals surface area contributed by atoms with Crippen molar-refractivity contribution in [1.29, 1.82) is 0 Å². The normalized spacial score (nSPS) is 21.4. The van der Waals surface area contributed by atoms with Crippen LogP contribution < -0.4 is 4.90 Å². The Balaban J connectivity index is 1.66. The zero-order valence-electron chi connectivity index (χ0n) is 15.6. The van der Waals surface area contributed by atoms with Gasteiger partial charge in [0.1, 0.15) is 0 Å². The molecule has 29 heavy (non-hydrogen) atoms. The first-order chi connectivity index (χ1) is 13.8. The fourth-order valence-corrected chi connectivity index (χ4v) is 4.30. The molecular weight excluding hydrogens is 383 g/mol. The van der Waals surface area contributed by atoms with E-state index in [1.807, 2.05) is 4.90 Å². The number of hydrogen-bond donors (Lipinski definition) is 1. The maximum Gasteiger partial charge on any atom is 0.425 e. The lowest BCUT2D eigenvalue weighted by Crippen LogP contribution is -2.42.